The van der Waals surface area contributed by atoms with E-state index in [9.17, 15) is 4.79 Å². The first-order chi connectivity index (χ1) is 9.17. The first-order valence-corrected chi connectivity index (χ1v) is 6.71. The van der Waals surface area contributed by atoms with Crippen LogP contribution >= 0.6 is 11.8 Å². The van der Waals surface area contributed by atoms with Crippen LogP contribution in [0.25, 0.3) is 0 Å². The van der Waals surface area contributed by atoms with E-state index in [2.05, 4.69) is 10.4 Å². The molecule has 6 heteroatoms. The molecule has 1 amide bonds. The van der Waals surface area contributed by atoms with Gasteiger partial charge in [-0.2, -0.15) is 5.10 Å². The highest BCUT2D eigenvalue weighted by Crippen LogP contribution is 2.19. The largest absolute Gasteiger partial charge is 0.497 e. The lowest BCUT2D eigenvalue weighted by atomic mass is 10.3. The van der Waals surface area contributed by atoms with Crippen molar-refractivity contribution in [3.63, 3.8) is 0 Å². The molecule has 0 saturated heterocycles. The van der Waals surface area contributed by atoms with E-state index in [1.165, 1.54) is 11.8 Å². The number of anilines is 1. The van der Waals surface area contributed by atoms with Gasteiger partial charge in [-0.1, -0.05) is 6.07 Å². The van der Waals surface area contributed by atoms with E-state index in [-0.39, 0.29) is 5.91 Å². The number of thioether (sulfide) groups is 1. The van der Waals surface area contributed by atoms with Crippen LogP contribution in [0.4, 0.5) is 5.69 Å². The monoisotopic (exact) mass is 277 g/mol. The standard InChI is InChI=1S/C13H15N3O2S/c1-16-8-12(7-14-16)19-9-13(17)15-10-4-3-5-11(6-10)18-2/h3-8H,9H2,1-2H3,(H,15,17). The molecule has 0 aliphatic carbocycles. The lowest BCUT2D eigenvalue weighted by molar-refractivity contribution is -0.113. The van der Waals surface area contributed by atoms with Crippen molar-refractivity contribution in [1.82, 2.24) is 9.78 Å². The minimum absolute atomic E-state index is 0.0536. The van der Waals surface area contributed by atoms with Crippen LogP contribution < -0.4 is 10.1 Å². The third-order valence-corrected chi connectivity index (χ3v) is 3.36. The summed E-state index contributed by atoms with van der Waals surface area (Å²) in [5.74, 6) is 1.02. The Kier molecular flexibility index (Phi) is 4.46. The molecule has 2 aromatic rings. The molecule has 1 N–H and O–H groups in total. The number of hydrogen-bond donors (Lipinski definition) is 1. The minimum atomic E-state index is -0.0536. The normalized spacial score (nSPS) is 10.2. The van der Waals surface area contributed by atoms with Crippen LogP contribution in [-0.2, 0) is 11.8 Å². The van der Waals surface area contributed by atoms with Crippen molar-refractivity contribution < 1.29 is 9.53 Å². The average molecular weight is 277 g/mol. The van der Waals surface area contributed by atoms with Gasteiger partial charge in [0, 0.05) is 29.9 Å². The molecular formula is C13H15N3O2S. The van der Waals surface area contributed by atoms with E-state index in [1.54, 1.807) is 24.1 Å². The maximum absolute atomic E-state index is 11.8. The van der Waals surface area contributed by atoms with Gasteiger partial charge >= 0.3 is 0 Å². The van der Waals surface area contributed by atoms with Gasteiger partial charge in [0.15, 0.2) is 0 Å². The fraction of sp³-hybridized carbons (Fsp3) is 0.231. The number of nitrogens with zero attached hydrogens (tertiary/aromatic N) is 2. The second-order valence-electron chi connectivity index (χ2n) is 3.92. The molecule has 19 heavy (non-hydrogen) atoms. The maximum atomic E-state index is 11.8. The third-order valence-electron chi connectivity index (χ3n) is 2.40. The van der Waals surface area contributed by atoms with Gasteiger partial charge in [-0.15, -0.1) is 11.8 Å². The molecule has 0 bridgehead atoms. The highest BCUT2D eigenvalue weighted by Gasteiger charge is 2.05. The summed E-state index contributed by atoms with van der Waals surface area (Å²) in [6.07, 6.45) is 3.62. The number of nitrogens with one attached hydrogen (secondary N) is 1. The molecule has 0 atom stereocenters. The Bertz CT molecular complexity index is 569. The highest BCUT2D eigenvalue weighted by atomic mass is 32.2. The van der Waals surface area contributed by atoms with Crippen LogP contribution in [0.5, 0.6) is 5.75 Å². The number of carbonyl (C=O) groups excluding carboxylic acids is 1. The van der Waals surface area contributed by atoms with Crippen LogP contribution in [0, 0.1) is 0 Å². The molecule has 5 nitrogen and oxygen atoms in total. The number of aryl methyl sites for hydroxylation is 1. The molecule has 1 heterocycles. The van der Waals surface area contributed by atoms with Crippen LogP contribution in [0.3, 0.4) is 0 Å². The molecular weight excluding hydrogens is 262 g/mol. The summed E-state index contributed by atoms with van der Waals surface area (Å²) in [7, 11) is 3.44. The number of rotatable bonds is 5. The summed E-state index contributed by atoms with van der Waals surface area (Å²) < 4.78 is 6.81. The SMILES string of the molecule is COc1cccc(NC(=O)CSc2cnn(C)c2)c1. The molecule has 0 aliphatic heterocycles. The third kappa shape index (κ3) is 4.03. The fourth-order valence-electron chi connectivity index (χ4n) is 1.52. The van der Waals surface area contributed by atoms with Gasteiger partial charge in [0.25, 0.3) is 0 Å². The minimum Gasteiger partial charge on any atom is -0.497 e. The Morgan fingerprint density at radius 2 is 2.37 bits per heavy atom. The summed E-state index contributed by atoms with van der Waals surface area (Å²) in [5, 5.41) is 6.88. The predicted molar refractivity (Wildman–Crippen MR) is 75.6 cm³/mol. The molecule has 1 aromatic heterocycles. The van der Waals surface area contributed by atoms with E-state index < -0.39 is 0 Å². The van der Waals surface area contributed by atoms with Crippen LogP contribution in [-0.4, -0.2) is 28.6 Å². The number of benzene rings is 1. The van der Waals surface area contributed by atoms with Crippen molar-refractivity contribution in [1.29, 1.82) is 0 Å². The molecule has 0 unspecified atom stereocenters. The summed E-state index contributed by atoms with van der Waals surface area (Å²) in [4.78, 5) is 12.8. The Labute approximate surface area is 116 Å². The summed E-state index contributed by atoms with van der Waals surface area (Å²) in [5.41, 5.74) is 0.733. The molecule has 0 aliphatic rings. The van der Waals surface area contributed by atoms with Crippen molar-refractivity contribution in [2.24, 2.45) is 7.05 Å². The van der Waals surface area contributed by atoms with E-state index >= 15 is 0 Å². The van der Waals surface area contributed by atoms with Gasteiger partial charge < -0.3 is 10.1 Å². The van der Waals surface area contributed by atoms with Crippen molar-refractivity contribution in [3.8, 4) is 5.75 Å². The molecule has 0 spiro atoms. The van der Waals surface area contributed by atoms with Crippen molar-refractivity contribution in [2.45, 2.75) is 4.90 Å². The predicted octanol–water partition coefficient (Wildman–Crippen LogP) is 2.16. The summed E-state index contributed by atoms with van der Waals surface area (Å²) in [6, 6.07) is 7.28. The summed E-state index contributed by atoms with van der Waals surface area (Å²) >= 11 is 1.45. The highest BCUT2D eigenvalue weighted by molar-refractivity contribution is 8.00. The number of carbonyl (C=O) groups is 1. The van der Waals surface area contributed by atoms with Gasteiger partial charge in [0.1, 0.15) is 5.75 Å². The van der Waals surface area contributed by atoms with Crippen molar-refractivity contribution in [3.05, 3.63) is 36.7 Å². The lowest BCUT2D eigenvalue weighted by Gasteiger charge is -2.06. The molecule has 1 aromatic carbocycles. The van der Waals surface area contributed by atoms with Crippen molar-refractivity contribution >= 4 is 23.4 Å². The van der Waals surface area contributed by atoms with Gasteiger partial charge in [0.05, 0.1) is 19.1 Å². The second kappa shape index (κ2) is 6.29. The van der Waals surface area contributed by atoms with Gasteiger partial charge in [-0.25, -0.2) is 0 Å². The van der Waals surface area contributed by atoms with Crippen LogP contribution in [0.1, 0.15) is 0 Å². The number of ether oxygens (including phenoxy) is 1. The van der Waals surface area contributed by atoms with Gasteiger partial charge in [-0.3, -0.25) is 9.48 Å². The molecule has 2 rings (SSSR count). The molecule has 0 radical (unpaired) electrons. The second-order valence-corrected chi connectivity index (χ2v) is 4.97. The zero-order chi connectivity index (χ0) is 13.7. The van der Waals surface area contributed by atoms with Crippen LogP contribution in [0.2, 0.25) is 0 Å². The van der Waals surface area contributed by atoms with E-state index in [0.717, 1.165) is 16.3 Å². The zero-order valence-corrected chi connectivity index (χ0v) is 11.6. The first kappa shape index (κ1) is 13.5. The maximum Gasteiger partial charge on any atom is 0.234 e. The Balaban J connectivity index is 1.86. The van der Waals surface area contributed by atoms with Crippen molar-refractivity contribution in [2.75, 3.05) is 18.2 Å². The van der Waals surface area contributed by atoms with E-state index in [4.69, 9.17) is 4.74 Å². The number of hydrogen-bond acceptors (Lipinski definition) is 4. The average Bonchev–Trinajstić information content (AvgIpc) is 2.82. The van der Waals surface area contributed by atoms with E-state index in [1.807, 2.05) is 31.4 Å². The molecule has 0 saturated carbocycles. The quantitative estimate of drug-likeness (QED) is 0.851. The lowest BCUT2D eigenvalue weighted by Crippen LogP contribution is -2.13. The first-order valence-electron chi connectivity index (χ1n) is 5.73. The summed E-state index contributed by atoms with van der Waals surface area (Å²) in [6.45, 7) is 0. The number of methoxy groups -OCH3 is 1. The number of aromatic nitrogens is 2. The Hall–Kier alpha value is -1.95. The Morgan fingerprint density at radius 3 is 3.05 bits per heavy atom. The fourth-order valence-corrected chi connectivity index (χ4v) is 2.24. The molecule has 0 fully saturated rings. The van der Waals surface area contributed by atoms with E-state index in [0.29, 0.717) is 5.75 Å². The van der Waals surface area contributed by atoms with Crippen LogP contribution in [0.15, 0.2) is 41.6 Å². The van der Waals surface area contributed by atoms with Gasteiger partial charge in [-0.05, 0) is 12.1 Å². The smallest absolute Gasteiger partial charge is 0.234 e. The van der Waals surface area contributed by atoms with Gasteiger partial charge in [0.2, 0.25) is 5.91 Å². The topological polar surface area (TPSA) is 56.1 Å². The zero-order valence-electron chi connectivity index (χ0n) is 10.8. The Morgan fingerprint density at radius 1 is 1.53 bits per heavy atom. The molecule has 100 valence electrons. The number of amides is 1.